The van der Waals surface area contributed by atoms with Crippen molar-refractivity contribution in [3.05, 3.63) is 63.7 Å². The minimum atomic E-state index is 0.277. The third-order valence-electron chi connectivity index (χ3n) is 3.59. The Morgan fingerprint density at radius 1 is 0.895 bits per heavy atom. The minimum absolute atomic E-state index is 0.277. The number of nitrogens with one attached hydrogen (secondary N) is 1. The summed E-state index contributed by atoms with van der Waals surface area (Å²) in [7, 11) is 0. The predicted octanol–water partition coefficient (Wildman–Crippen LogP) is 5.44. The first-order valence-electron chi connectivity index (χ1n) is 6.57. The summed E-state index contributed by atoms with van der Waals surface area (Å²) >= 11 is 5.98. The molecular weight excluding hydrogens is 254 g/mol. The smallest absolute Gasteiger partial charge is 0.0485 e. The van der Waals surface area contributed by atoms with Gasteiger partial charge in [0.15, 0.2) is 0 Å². The molecule has 19 heavy (non-hydrogen) atoms. The molecule has 0 fully saturated rings. The van der Waals surface area contributed by atoms with Gasteiger partial charge in [-0.25, -0.2) is 0 Å². The summed E-state index contributed by atoms with van der Waals surface area (Å²) in [6.45, 7) is 8.54. The molecule has 0 aliphatic heterocycles. The molecule has 0 bridgehead atoms. The lowest BCUT2D eigenvalue weighted by Crippen LogP contribution is -2.08. The first kappa shape index (κ1) is 14.0. The van der Waals surface area contributed by atoms with E-state index in [1.165, 1.54) is 22.3 Å². The van der Waals surface area contributed by atoms with Gasteiger partial charge in [-0.15, -0.1) is 0 Å². The molecule has 1 nitrogen and oxygen atoms in total. The fourth-order valence-electron chi connectivity index (χ4n) is 2.14. The van der Waals surface area contributed by atoms with Crippen molar-refractivity contribution in [3.63, 3.8) is 0 Å². The van der Waals surface area contributed by atoms with Crippen molar-refractivity contribution in [1.29, 1.82) is 0 Å². The second-order valence-electron chi connectivity index (χ2n) is 5.17. The summed E-state index contributed by atoms with van der Waals surface area (Å²) in [6.07, 6.45) is 0. The molecule has 2 aromatic rings. The highest BCUT2D eigenvalue weighted by Gasteiger charge is 2.08. The van der Waals surface area contributed by atoms with Gasteiger partial charge in [0.05, 0.1) is 0 Å². The highest BCUT2D eigenvalue weighted by Crippen LogP contribution is 2.25. The normalized spacial score (nSPS) is 12.3. The SMILES string of the molecule is Cc1ccc(C(C)Nc2ccc(Cl)cc2C)cc1C. The van der Waals surface area contributed by atoms with Gasteiger partial charge in [0.2, 0.25) is 0 Å². The molecule has 0 aliphatic carbocycles. The Morgan fingerprint density at radius 3 is 2.26 bits per heavy atom. The van der Waals surface area contributed by atoms with Crippen molar-refractivity contribution in [1.82, 2.24) is 0 Å². The molecule has 0 heterocycles. The predicted molar refractivity (Wildman–Crippen MR) is 84.1 cm³/mol. The molecule has 2 rings (SSSR count). The van der Waals surface area contributed by atoms with Crippen LogP contribution in [0.4, 0.5) is 5.69 Å². The first-order chi connectivity index (χ1) is 8.97. The Morgan fingerprint density at radius 2 is 1.63 bits per heavy atom. The number of rotatable bonds is 3. The summed E-state index contributed by atoms with van der Waals surface area (Å²) in [6, 6.07) is 12.8. The second-order valence-corrected chi connectivity index (χ2v) is 5.61. The molecule has 100 valence electrons. The lowest BCUT2D eigenvalue weighted by Gasteiger charge is -2.18. The van der Waals surface area contributed by atoms with Crippen LogP contribution >= 0.6 is 11.6 Å². The molecule has 2 aromatic carbocycles. The Balaban J connectivity index is 2.20. The zero-order valence-electron chi connectivity index (χ0n) is 11.9. The van der Waals surface area contributed by atoms with E-state index in [-0.39, 0.29) is 6.04 Å². The summed E-state index contributed by atoms with van der Waals surface area (Å²) < 4.78 is 0. The average molecular weight is 274 g/mol. The molecule has 1 unspecified atom stereocenters. The van der Waals surface area contributed by atoms with E-state index in [0.29, 0.717) is 0 Å². The maximum absolute atomic E-state index is 5.98. The van der Waals surface area contributed by atoms with E-state index in [1.807, 2.05) is 18.2 Å². The van der Waals surface area contributed by atoms with Crippen LogP contribution in [0.3, 0.4) is 0 Å². The molecular formula is C17H20ClN. The fraction of sp³-hybridized carbons (Fsp3) is 0.294. The number of benzene rings is 2. The summed E-state index contributed by atoms with van der Waals surface area (Å²) in [5.41, 5.74) is 6.27. The standard InChI is InChI=1S/C17H20ClN/c1-11-5-6-15(9-12(11)2)14(4)19-17-8-7-16(18)10-13(17)3/h5-10,14,19H,1-4H3. The molecule has 1 atom stereocenters. The Kier molecular flexibility index (Phi) is 4.16. The molecule has 0 saturated heterocycles. The topological polar surface area (TPSA) is 12.0 Å². The van der Waals surface area contributed by atoms with E-state index in [2.05, 4.69) is 51.2 Å². The first-order valence-corrected chi connectivity index (χ1v) is 6.95. The van der Waals surface area contributed by atoms with Crippen LogP contribution in [0.5, 0.6) is 0 Å². The van der Waals surface area contributed by atoms with Crippen LogP contribution in [-0.2, 0) is 0 Å². The van der Waals surface area contributed by atoms with Crippen molar-refractivity contribution < 1.29 is 0 Å². The van der Waals surface area contributed by atoms with E-state index < -0.39 is 0 Å². The quantitative estimate of drug-likeness (QED) is 0.785. The number of halogens is 1. The van der Waals surface area contributed by atoms with Gasteiger partial charge in [-0.2, -0.15) is 0 Å². The zero-order valence-corrected chi connectivity index (χ0v) is 12.7. The lowest BCUT2D eigenvalue weighted by molar-refractivity contribution is 0.879. The molecule has 1 N–H and O–H groups in total. The molecule has 2 heteroatoms. The Hall–Kier alpha value is -1.47. The van der Waals surface area contributed by atoms with Crippen LogP contribution in [0.15, 0.2) is 36.4 Å². The highest BCUT2D eigenvalue weighted by molar-refractivity contribution is 6.30. The van der Waals surface area contributed by atoms with Crippen molar-refractivity contribution in [2.24, 2.45) is 0 Å². The molecule has 0 aromatic heterocycles. The number of aryl methyl sites for hydroxylation is 3. The summed E-state index contributed by atoms with van der Waals surface area (Å²) in [4.78, 5) is 0. The highest BCUT2D eigenvalue weighted by atomic mass is 35.5. The van der Waals surface area contributed by atoms with Crippen molar-refractivity contribution >= 4 is 17.3 Å². The van der Waals surface area contributed by atoms with Crippen LogP contribution in [0, 0.1) is 20.8 Å². The van der Waals surface area contributed by atoms with E-state index in [1.54, 1.807) is 0 Å². The van der Waals surface area contributed by atoms with Gasteiger partial charge in [0, 0.05) is 16.8 Å². The van der Waals surface area contributed by atoms with E-state index in [9.17, 15) is 0 Å². The molecule has 0 aliphatic rings. The largest absolute Gasteiger partial charge is 0.378 e. The maximum atomic E-state index is 5.98. The molecule has 0 radical (unpaired) electrons. The third kappa shape index (κ3) is 3.30. The van der Waals surface area contributed by atoms with Gasteiger partial charge in [-0.3, -0.25) is 0 Å². The number of anilines is 1. The van der Waals surface area contributed by atoms with Crippen molar-refractivity contribution in [3.8, 4) is 0 Å². The second kappa shape index (κ2) is 5.66. The fourth-order valence-corrected chi connectivity index (χ4v) is 2.37. The van der Waals surface area contributed by atoms with Gasteiger partial charge in [0.1, 0.15) is 0 Å². The van der Waals surface area contributed by atoms with Crippen molar-refractivity contribution in [2.75, 3.05) is 5.32 Å². The molecule has 0 spiro atoms. The van der Waals surface area contributed by atoms with Crippen LogP contribution in [-0.4, -0.2) is 0 Å². The van der Waals surface area contributed by atoms with Crippen LogP contribution < -0.4 is 5.32 Å². The van der Waals surface area contributed by atoms with E-state index >= 15 is 0 Å². The maximum Gasteiger partial charge on any atom is 0.0485 e. The van der Waals surface area contributed by atoms with Gasteiger partial charge in [-0.05, 0) is 68.1 Å². The van der Waals surface area contributed by atoms with Crippen LogP contribution in [0.1, 0.15) is 35.2 Å². The van der Waals surface area contributed by atoms with Crippen LogP contribution in [0.2, 0.25) is 5.02 Å². The third-order valence-corrected chi connectivity index (χ3v) is 3.83. The average Bonchev–Trinajstić information content (AvgIpc) is 2.36. The van der Waals surface area contributed by atoms with Gasteiger partial charge in [0.25, 0.3) is 0 Å². The van der Waals surface area contributed by atoms with Gasteiger partial charge < -0.3 is 5.32 Å². The Labute approximate surface area is 120 Å². The van der Waals surface area contributed by atoms with E-state index in [0.717, 1.165) is 10.7 Å². The zero-order chi connectivity index (χ0) is 14.0. The monoisotopic (exact) mass is 273 g/mol. The van der Waals surface area contributed by atoms with Gasteiger partial charge in [-0.1, -0.05) is 29.8 Å². The minimum Gasteiger partial charge on any atom is -0.378 e. The van der Waals surface area contributed by atoms with Crippen LogP contribution in [0.25, 0.3) is 0 Å². The number of hydrogen-bond donors (Lipinski definition) is 1. The van der Waals surface area contributed by atoms with Crippen molar-refractivity contribution in [2.45, 2.75) is 33.7 Å². The van der Waals surface area contributed by atoms with E-state index in [4.69, 9.17) is 11.6 Å². The molecule has 0 saturated carbocycles. The Bertz CT molecular complexity index is 590. The molecule has 0 amide bonds. The lowest BCUT2D eigenvalue weighted by atomic mass is 10.0. The van der Waals surface area contributed by atoms with Gasteiger partial charge >= 0.3 is 0 Å². The number of hydrogen-bond acceptors (Lipinski definition) is 1. The summed E-state index contributed by atoms with van der Waals surface area (Å²) in [5, 5.41) is 4.32. The summed E-state index contributed by atoms with van der Waals surface area (Å²) in [5.74, 6) is 0.